The molecule has 2 aliphatic rings. The summed E-state index contributed by atoms with van der Waals surface area (Å²) in [7, 11) is 0. The fourth-order valence-electron chi connectivity index (χ4n) is 4.69. The van der Waals surface area contributed by atoms with Crippen LogP contribution in [0.15, 0.2) is 48.9 Å². The summed E-state index contributed by atoms with van der Waals surface area (Å²) in [5.74, 6) is -0.717. The third kappa shape index (κ3) is 6.57. The van der Waals surface area contributed by atoms with Crippen LogP contribution < -0.4 is 20.9 Å². The molecule has 5 rings (SSSR count). The molecule has 42 heavy (non-hydrogen) atoms. The number of rotatable bonds is 5. The van der Waals surface area contributed by atoms with E-state index in [-0.39, 0.29) is 24.0 Å². The number of carbonyl (C=O) groups is 3. The molecule has 13 nitrogen and oxygen atoms in total. The smallest absolute Gasteiger partial charge is 0.410 e. The molecule has 3 N–H and O–H groups in total. The van der Waals surface area contributed by atoms with Crippen molar-refractivity contribution in [1.29, 1.82) is 0 Å². The maximum absolute atomic E-state index is 13.3. The van der Waals surface area contributed by atoms with Gasteiger partial charge in [-0.2, -0.15) is 0 Å². The number of benzene rings is 1. The number of hydrogen-bond donors (Lipinski definition) is 2. The van der Waals surface area contributed by atoms with Crippen LogP contribution in [0.1, 0.15) is 31.3 Å². The van der Waals surface area contributed by atoms with Gasteiger partial charge >= 0.3 is 6.09 Å². The van der Waals surface area contributed by atoms with Crippen LogP contribution in [0.25, 0.3) is 11.3 Å². The Hall–Kier alpha value is -4.78. The molecule has 3 aromatic rings. The first-order valence-electron chi connectivity index (χ1n) is 13.7. The molecule has 0 saturated carbocycles. The fourth-order valence-corrected chi connectivity index (χ4v) is 4.69. The van der Waals surface area contributed by atoms with Crippen LogP contribution in [0.4, 0.5) is 27.7 Å². The van der Waals surface area contributed by atoms with E-state index >= 15 is 0 Å². The van der Waals surface area contributed by atoms with E-state index in [1.165, 1.54) is 11.1 Å². The number of nitrogen functional groups attached to an aromatic ring is 1. The number of hydrogen-bond acceptors (Lipinski definition) is 10. The normalized spacial score (nSPS) is 15.9. The summed E-state index contributed by atoms with van der Waals surface area (Å²) in [5, 5.41) is 2.88. The van der Waals surface area contributed by atoms with Crippen molar-refractivity contribution >= 4 is 40.8 Å². The zero-order valence-corrected chi connectivity index (χ0v) is 23.9. The van der Waals surface area contributed by atoms with Gasteiger partial charge in [0.25, 0.3) is 5.91 Å². The molecule has 2 saturated heterocycles. The molecular weight excluding hydrogens is 540 g/mol. The minimum atomic E-state index is -0.636. The Balaban J connectivity index is 1.28. The van der Waals surface area contributed by atoms with Crippen LogP contribution in [0.3, 0.4) is 0 Å². The quantitative estimate of drug-likeness (QED) is 0.464. The number of carbonyl (C=O) groups excluding carboxylic acids is 3. The Morgan fingerprint density at radius 3 is 2.45 bits per heavy atom. The highest BCUT2D eigenvalue weighted by Crippen LogP contribution is 2.28. The molecule has 0 radical (unpaired) electrons. The Labute approximate surface area is 243 Å². The van der Waals surface area contributed by atoms with E-state index in [1.807, 2.05) is 6.07 Å². The van der Waals surface area contributed by atoms with E-state index in [9.17, 15) is 14.4 Å². The van der Waals surface area contributed by atoms with Crippen molar-refractivity contribution in [3.05, 3.63) is 54.6 Å². The molecule has 1 aromatic carbocycles. The average molecular weight is 575 g/mol. The van der Waals surface area contributed by atoms with Crippen molar-refractivity contribution in [2.45, 2.75) is 26.4 Å². The molecule has 3 amide bonds. The van der Waals surface area contributed by atoms with Crippen LogP contribution in [0.5, 0.6) is 0 Å². The van der Waals surface area contributed by atoms with E-state index in [0.717, 1.165) is 5.69 Å². The topological polar surface area (TPSA) is 156 Å². The van der Waals surface area contributed by atoms with Gasteiger partial charge in [-0.05, 0) is 39.0 Å². The number of pyridine rings is 1. The van der Waals surface area contributed by atoms with E-state index in [1.54, 1.807) is 62.3 Å². The number of piperazine rings is 1. The summed E-state index contributed by atoms with van der Waals surface area (Å²) in [6.45, 7) is 8.59. The summed E-state index contributed by atoms with van der Waals surface area (Å²) in [4.78, 5) is 56.5. The van der Waals surface area contributed by atoms with Gasteiger partial charge in [0.15, 0.2) is 11.5 Å². The van der Waals surface area contributed by atoms with Crippen molar-refractivity contribution in [2.24, 2.45) is 0 Å². The Morgan fingerprint density at radius 1 is 1.02 bits per heavy atom. The molecule has 2 fully saturated rings. The zero-order valence-electron chi connectivity index (χ0n) is 23.9. The van der Waals surface area contributed by atoms with Crippen molar-refractivity contribution in [1.82, 2.24) is 19.9 Å². The second-order valence-corrected chi connectivity index (χ2v) is 10.9. The number of nitrogens with zero attached hydrogens (tertiary/aromatic N) is 6. The number of aromatic nitrogens is 3. The Kier molecular flexibility index (Phi) is 8.20. The van der Waals surface area contributed by atoms with E-state index in [4.69, 9.17) is 15.2 Å². The SMILES string of the molecule is CC(C)(C)OC(=O)N1CCN(c2ccc(-c3cnc(N)c(C(=O)Nc4cnccc4N4CCOCC4)n3)cc2)C(=O)C1. The monoisotopic (exact) mass is 574 g/mol. The Morgan fingerprint density at radius 2 is 1.76 bits per heavy atom. The molecule has 13 heteroatoms. The second kappa shape index (κ2) is 12.0. The lowest BCUT2D eigenvalue weighted by Crippen LogP contribution is -2.53. The van der Waals surface area contributed by atoms with Crippen LogP contribution >= 0.6 is 0 Å². The van der Waals surface area contributed by atoms with Crippen LogP contribution in [0, 0.1) is 0 Å². The van der Waals surface area contributed by atoms with Crippen molar-refractivity contribution in [3.63, 3.8) is 0 Å². The molecule has 2 aromatic heterocycles. The van der Waals surface area contributed by atoms with Crippen molar-refractivity contribution < 1.29 is 23.9 Å². The highest BCUT2D eigenvalue weighted by Gasteiger charge is 2.31. The predicted molar refractivity (Wildman–Crippen MR) is 157 cm³/mol. The Bertz CT molecular complexity index is 1470. The summed E-state index contributed by atoms with van der Waals surface area (Å²) in [6, 6.07) is 9.01. The third-order valence-electron chi connectivity index (χ3n) is 6.76. The van der Waals surface area contributed by atoms with Gasteiger partial charge in [-0.3, -0.25) is 19.5 Å². The van der Waals surface area contributed by atoms with Gasteiger partial charge in [-0.1, -0.05) is 12.1 Å². The molecule has 4 heterocycles. The number of amides is 3. The maximum Gasteiger partial charge on any atom is 0.410 e. The first-order valence-corrected chi connectivity index (χ1v) is 13.7. The molecule has 2 aliphatic heterocycles. The third-order valence-corrected chi connectivity index (χ3v) is 6.76. The highest BCUT2D eigenvalue weighted by molar-refractivity contribution is 6.07. The lowest BCUT2D eigenvalue weighted by Gasteiger charge is -2.35. The van der Waals surface area contributed by atoms with Gasteiger partial charge in [0.1, 0.15) is 12.1 Å². The first-order chi connectivity index (χ1) is 20.1. The van der Waals surface area contributed by atoms with E-state index < -0.39 is 17.6 Å². The number of nitrogens with one attached hydrogen (secondary N) is 1. The average Bonchev–Trinajstić information content (AvgIpc) is 2.97. The van der Waals surface area contributed by atoms with Gasteiger partial charge in [-0.25, -0.2) is 14.8 Å². The summed E-state index contributed by atoms with van der Waals surface area (Å²) < 4.78 is 10.8. The first kappa shape index (κ1) is 28.7. The van der Waals surface area contributed by atoms with Gasteiger partial charge in [0, 0.05) is 43.6 Å². The minimum Gasteiger partial charge on any atom is -0.444 e. The van der Waals surface area contributed by atoms with Gasteiger partial charge in [0.05, 0.1) is 42.7 Å². The number of anilines is 4. The van der Waals surface area contributed by atoms with Crippen LogP contribution in [-0.4, -0.2) is 89.3 Å². The van der Waals surface area contributed by atoms with Gasteiger partial charge < -0.3 is 30.3 Å². The largest absolute Gasteiger partial charge is 0.444 e. The number of ether oxygens (including phenoxy) is 2. The highest BCUT2D eigenvalue weighted by atomic mass is 16.6. The molecule has 0 bridgehead atoms. The number of morpholine rings is 1. The van der Waals surface area contributed by atoms with E-state index in [0.29, 0.717) is 62.0 Å². The lowest BCUT2D eigenvalue weighted by molar-refractivity contribution is -0.121. The van der Waals surface area contributed by atoms with Crippen molar-refractivity contribution in [2.75, 3.05) is 66.8 Å². The minimum absolute atomic E-state index is 0.00172. The zero-order chi connectivity index (χ0) is 29.9. The fraction of sp³-hybridized carbons (Fsp3) is 0.379. The lowest BCUT2D eigenvalue weighted by atomic mass is 10.1. The summed E-state index contributed by atoms with van der Waals surface area (Å²) in [6.07, 6.45) is 4.25. The molecule has 220 valence electrons. The maximum atomic E-state index is 13.3. The molecule has 0 aliphatic carbocycles. The standard InChI is InChI=1S/C29H34N8O5/c1-29(2,3)42-28(40)36-10-11-37(24(38)18-36)20-6-4-19(5-7-20)21-17-32-26(30)25(33-21)27(39)34-22-16-31-9-8-23(22)35-12-14-41-15-13-35/h4-9,16-17H,10-15,18H2,1-3H3,(H2,30,32)(H,34,39). The van der Waals surface area contributed by atoms with Crippen LogP contribution in [0.2, 0.25) is 0 Å². The van der Waals surface area contributed by atoms with E-state index in [2.05, 4.69) is 25.2 Å². The van der Waals surface area contributed by atoms with Crippen molar-refractivity contribution in [3.8, 4) is 11.3 Å². The van der Waals surface area contributed by atoms with Crippen LogP contribution in [-0.2, 0) is 14.3 Å². The second-order valence-electron chi connectivity index (χ2n) is 10.9. The van der Waals surface area contributed by atoms with Gasteiger partial charge in [0.2, 0.25) is 5.91 Å². The predicted octanol–water partition coefficient (Wildman–Crippen LogP) is 2.79. The molecule has 0 atom stereocenters. The number of nitrogens with two attached hydrogens (primary N) is 1. The molecule has 0 spiro atoms. The molecular formula is C29H34N8O5. The van der Waals surface area contributed by atoms with Gasteiger partial charge in [-0.15, -0.1) is 0 Å². The summed E-state index contributed by atoms with van der Waals surface area (Å²) in [5.41, 5.74) is 8.59. The summed E-state index contributed by atoms with van der Waals surface area (Å²) >= 11 is 0. The molecule has 0 unspecified atom stereocenters.